The van der Waals surface area contributed by atoms with Crippen LogP contribution in [0.2, 0.25) is 10.0 Å². The molecule has 1 aromatic heterocycles. The first kappa shape index (κ1) is 13.6. The van der Waals surface area contributed by atoms with E-state index in [1.165, 1.54) is 30.5 Å². The lowest BCUT2D eigenvalue weighted by Gasteiger charge is -2.03. The first-order chi connectivity index (χ1) is 9.08. The second-order valence-electron chi connectivity index (χ2n) is 3.61. The quantitative estimate of drug-likeness (QED) is 0.639. The van der Waals surface area contributed by atoms with Gasteiger partial charge in [0, 0.05) is 5.56 Å². The van der Waals surface area contributed by atoms with Gasteiger partial charge in [0.15, 0.2) is 12.4 Å². The van der Waals surface area contributed by atoms with Crippen LogP contribution < -0.4 is 0 Å². The van der Waals surface area contributed by atoms with E-state index >= 15 is 0 Å². The van der Waals surface area contributed by atoms with Crippen molar-refractivity contribution in [2.75, 3.05) is 6.61 Å². The summed E-state index contributed by atoms with van der Waals surface area (Å²) in [4.78, 5) is 23.2. The summed E-state index contributed by atoms with van der Waals surface area (Å²) in [6.45, 7) is -0.391. The fraction of sp³-hybridized carbons (Fsp3) is 0.0769. The van der Waals surface area contributed by atoms with E-state index in [4.69, 9.17) is 32.4 Å². The maximum absolute atomic E-state index is 11.8. The van der Waals surface area contributed by atoms with Crippen molar-refractivity contribution in [1.29, 1.82) is 0 Å². The lowest BCUT2D eigenvalue weighted by Crippen LogP contribution is -2.13. The van der Waals surface area contributed by atoms with Crippen molar-refractivity contribution in [1.82, 2.24) is 0 Å². The lowest BCUT2D eigenvalue weighted by molar-refractivity contribution is 0.0444. The van der Waals surface area contributed by atoms with Gasteiger partial charge in [-0.3, -0.25) is 4.79 Å². The summed E-state index contributed by atoms with van der Waals surface area (Å²) < 4.78 is 9.66. The van der Waals surface area contributed by atoms with Gasteiger partial charge >= 0.3 is 5.97 Å². The monoisotopic (exact) mass is 298 g/mol. The molecule has 19 heavy (non-hydrogen) atoms. The zero-order valence-electron chi connectivity index (χ0n) is 9.56. The van der Waals surface area contributed by atoms with E-state index < -0.39 is 12.6 Å². The summed E-state index contributed by atoms with van der Waals surface area (Å²) in [5.74, 6) is -1.03. The van der Waals surface area contributed by atoms with Crippen LogP contribution in [0.15, 0.2) is 41.0 Å². The van der Waals surface area contributed by atoms with Crippen molar-refractivity contribution in [2.24, 2.45) is 0 Å². The molecule has 0 bridgehead atoms. The number of furan rings is 1. The van der Waals surface area contributed by atoms with E-state index in [1.807, 2.05) is 0 Å². The molecule has 0 saturated heterocycles. The Labute approximate surface area is 118 Å². The smallest absolute Gasteiger partial charge is 0.374 e. The Kier molecular flexibility index (Phi) is 4.24. The summed E-state index contributed by atoms with van der Waals surface area (Å²) in [7, 11) is 0. The predicted molar refractivity (Wildman–Crippen MR) is 69.8 cm³/mol. The maximum Gasteiger partial charge on any atom is 0.374 e. The van der Waals surface area contributed by atoms with Crippen LogP contribution in [0.25, 0.3) is 0 Å². The van der Waals surface area contributed by atoms with Gasteiger partial charge in [-0.25, -0.2) is 4.79 Å². The third kappa shape index (κ3) is 3.36. The van der Waals surface area contributed by atoms with E-state index in [1.54, 1.807) is 6.07 Å². The number of ketones is 1. The van der Waals surface area contributed by atoms with Crippen LogP contribution in [0.1, 0.15) is 20.9 Å². The highest BCUT2D eigenvalue weighted by atomic mass is 35.5. The van der Waals surface area contributed by atoms with Crippen LogP contribution in [0.3, 0.4) is 0 Å². The standard InChI is InChI=1S/C13H8Cl2O4/c14-9-4-3-8(6-10(9)15)11(16)7-19-13(17)12-2-1-5-18-12/h1-6H,7H2. The van der Waals surface area contributed by atoms with Crippen molar-refractivity contribution in [3.05, 3.63) is 58.0 Å². The van der Waals surface area contributed by atoms with E-state index in [-0.39, 0.29) is 16.6 Å². The zero-order chi connectivity index (χ0) is 13.8. The Morgan fingerprint density at radius 1 is 1.16 bits per heavy atom. The molecule has 0 radical (unpaired) electrons. The largest absolute Gasteiger partial charge is 0.457 e. The van der Waals surface area contributed by atoms with E-state index in [0.717, 1.165) is 0 Å². The van der Waals surface area contributed by atoms with Crippen LogP contribution in [-0.2, 0) is 4.74 Å². The normalized spacial score (nSPS) is 10.2. The van der Waals surface area contributed by atoms with E-state index in [0.29, 0.717) is 10.6 Å². The van der Waals surface area contributed by atoms with Gasteiger partial charge in [-0.15, -0.1) is 0 Å². The SMILES string of the molecule is O=C(COC(=O)c1ccco1)c1ccc(Cl)c(Cl)c1. The van der Waals surface area contributed by atoms with Gasteiger partial charge in [-0.2, -0.15) is 0 Å². The average Bonchev–Trinajstić information content (AvgIpc) is 2.92. The Morgan fingerprint density at radius 2 is 1.95 bits per heavy atom. The molecule has 0 aliphatic rings. The maximum atomic E-state index is 11.8. The van der Waals surface area contributed by atoms with Crippen LogP contribution >= 0.6 is 23.2 Å². The zero-order valence-corrected chi connectivity index (χ0v) is 11.1. The minimum Gasteiger partial charge on any atom is -0.457 e. The van der Waals surface area contributed by atoms with Gasteiger partial charge in [-0.05, 0) is 30.3 Å². The fourth-order valence-electron chi connectivity index (χ4n) is 1.35. The number of benzene rings is 1. The van der Waals surface area contributed by atoms with Gasteiger partial charge < -0.3 is 9.15 Å². The Morgan fingerprint density at radius 3 is 2.58 bits per heavy atom. The Hall–Kier alpha value is -1.78. The second kappa shape index (κ2) is 5.91. The number of esters is 1. The van der Waals surface area contributed by atoms with Crippen molar-refractivity contribution >= 4 is 35.0 Å². The number of hydrogen-bond donors (Lipinski definition) is 0. The Bertz CT molecular complexity index is 605. The molecule has 2 aromatic rings. The average molecular weight is 299 g/mol. The molecule has 98 valence electrons. The molecule has 0 saturated carbocycles. The molecular formula is C13H8Cl2O4. The van der Waals surface area contributed by atoms with Crippen molar-refractivity contribution in [3.8, 4) is 0 Å². The van der Waals surface area contributed by atoms with E-state index in [2.05, 4.69) is 0 Å². The van der Waals surface area contributed by atoms with Crippen molar-refractivity contribution < 1.29 is 18.7 Å². The summed E-state index contributed by atoms with van der Waals surface area (Å²) in [5, 5.41) is 0.621. The van der Waals surface area contributed by atoms with Crippen LogP contribution in [0, 0.1) is 0 Å². The lowest BCUT2D eigenvalue weighted by atomic mass is 10.1. The molecule has 0 N–H and O–H groups in total. The molecule has 0 aliphatic heterocycles. The summed E-state index contributed by atoms with van der Waals surface area (Å²) in [6, 6.07) is 7.44. The molecule has 6 heteroatoms. The first-order valence-corrected chi connectivity index (χ1v) is 6.02. The first-order valence-electron chi connectivity index (χ1n) is 5.27. The second-order valence-corrected chi connectivity index (χ2v) is 4.42. The Balaban J connectivity index is 1.98. The molecule has 0 spiro atoms. The van der Waals surface area contributed by atoms with Crippen LogP contribution in [0.5, 0.6) is 0 Å². The summed E-state index contributed by atoms with van der Waals surface area (Å²) >= 11 is 11.5. The third-order valence-corrected chi connectivity index (χ3v) is 3.04. The summed E-state index contributed by atoms with van der Waals surface area (Å²) in [6.07, 6.45) is 1.34. The molecule has 2 rings (SSSR count). The fourth-order valence-corrected chi connectivity index (χ4v) is 1.65. The number of Topliss-reactive ketones (excluding diaryl/α,β-unsaturated/α-hetero) is 1. The number of carbonyl (C=O) groups excluding carboxylic acids is 2. The number of ether oxygens (including phenoxy) is 1. The van der Waals surface area contributed by atoms with Gasteiger partial charge in [0.2, 0.25) is 5.76 Å². The highest BCUT2D eigenvalue weighted by Gasteiger charge is 2.14. The van der Waals surface area contributed by atoms with Gasteiger partial charge in [-0.1, -0.05) is 23.2 Å². The number of halogens is 2. The molecule has 1 aromatic carbocycles. The number of hydrogen-bond acceptors (Lipinski definition) is 4. The molecule has 4 nitrogen and oxygen atoms in total. The van der Waals surface area contributed by atoms with Gasteiger partial charge in [0.05, 0.1) is 16.3 Å². The van der Waals surface area contributed by atoms with Crippen LogP contribution in [0.4, 0.5) is 0 Å². The highest BCUT2D eigenvalue weighted by molar-refractivity contribution is 6.42. The van der Waals surface area contributed by atoms with Gasteiger partial charge in [0.25, 0.3) is 0 Å². The third-order valence-electron chi connectivity index (χ3n) is 2.30. The minimum atomic E-state index is -0.696. The molecule has 0 fully saturated rings. The molecule has 0 aliphatic carbocycles. The number of carbonyl (C=O) groups is 2. The molecule has 0 amide bonds. The van der Waals surface area contributed by atoms with Crippen molar-refractivity contribution in [3.63, 3.8) is 0 Å². The highest BCUT2D eigenvalue weighted by Crippen LogP contribution is 2.22. The van der Waals surface area contributed by atoms with Crippen molar-refractivity contribution in [2.45, 2.75) is 0 Å². The minimum absolute atomic E-state index is 0.0435. The molecular weight excluding hydrogens is 291 g/mol. The molecule has 1 heterocycles. The molecule has 0 atom stereocenters. The topological polar surface area (TPSA) is 56.5 Å². The van der Waals surface area contributed by atoms with Gasteiger partial charge in [0.1, 0.15) is 0 Å². The summed E-state index contributed by atoms with van der Waals surface area (Å²) in [5.41, 5.74) is 0.321. The van der Waals surface area contributed by atoms with E-state index in [9.17, 15) is 9.59 Å². The molecule has 0 unspecified atom stereocenters. The van der Waals surface area contributed by atoms with Crippen LogP contribution in [-0.4, -0.2) is 18.4 Å². The number of rotatable bonds is 4. The predicted octanol–water partition coefficient (Wildman–Crippen LogP) is 3.63.